The summed E-state index contributed by atoms with van der Waals surface area (Å²) >= 11 is 0. The van der Waals surface area contributed by atoms with Crippen molar-refractivity contribution in [3.63, 3.8) is 0 Å². The summed E-state index contributed by atoms with van der Waals surface area (Å²) in [5.74, 6) is -0.714. The number of benzene rings is 3. The zero-order valence-corrected chi connectivity index (χ0v) is 13.5. The van der Waals surface area contributed by atoms with Crippen LogP contribution < -0.4 is 4.74 Å². The first-order chi connectivity index (χ1) is 12.1. The molecule has 1 N–H and O–H groups in total. The molecule has 3 rings (SSSR count). The van der Waals surface area contributed by atoms with Crippen LogP contribution in [0.25, 0.3) is 11.1 Å². The lowest BCUT2D eigenvalue weighted by Crippen LogP contribution is -2.00. The van der Waals surface area contributed by atoms with Gasteiger partial charge in [0.1, 0.15) is 18.2 Å². The number of hydrogen-bond acceptors (Lipinski definition) is 2. The molecule has 25 heavy (non-hydrogen) atoms. The minimum Gasteiger partial charge on any atom is -0.489 e. The van der Waals surface area contributed by atoms with E-state index in [0.717, 1.165) is 16.9 Å². The maximum Gasteiger partial charge on any atom is 0.307 e. The van der Waals surface area contributed by atoms with Gasteiger partial charge in [-0.2, -0.15) is 0 Å². The van der Waals surface area contributed by atoms with Crippen LogP contribution >= 0.6 is 0 Å². The van der Waals surface area contributed by atoms with E-state index in [9.17, 15) is 9.18 Å². The number of rotatable bonds is 6. The van der Waals surface area contributed by atoms with Crippen molar-refractivity contribution in [2.45, 2.75) is 13.0 Å². The Bertz CT molecular complexity index is 858. The fourth-order valence-corrected chi connectivity index (χ4v) is 2.58. The third kappa shape index (κ3) is 4.67. The summed E-state index contributed by atoms with van der Waals surface area (Å²) in [4.78, 5) is 10.8. The summed E-state index contributed by atoms with van der Waals surface area (Å²) in [6.07, 6.45) is -0.205. The van der Waals surface area contributed by atoms with Gasteiger partial charge in [-0.05, 0) is 46.5 Å². The van der Waals surface area contributed by atoms with Crippen molar-refractivity contribution in [2.24, 2.45) is 0 Å². The van der Waals surface area contributed by atoms with Gasteiger partial charge in [-0.3, -0.25) is 4.79 Å². The van der Waals surface area contributed by atoms with Crippen molar-refractivity contribution in [1.29, 1.82) is 0 Å². The summed E-state index contributed by atoms with van der Waals surface area (Å²) in [6.45, 7) is 0.475. The number of aliphatic carboxylic acids is 1. The molecule has 0 aliphatic heterocycles. The van der Waals surface area contributed by atoms with E-state index in [1.54, 1.807) is 6.07 Å². The maximum atomic E-state index is 13.7. The fraction of sp³-hybridized carbons (Fsp3) is 0.0952. The number of ether oxygens (including phenoxy) is 1. The summed E-state index contributed by atoms with van der Waals surface area (Å²) in [5.41, 5.74) is 2.96. The molecule has 0 heterocycles. The van der Waals surface area contributed by atoms with E-state index in [1.165, 1.54) is 12.1 Å². The van der Waals surface area contributed by atoms with Crippen LogP contribution in [0.5, 0.6) is 5.75 Å². The molecule has 0 saturated carbocycles. The van der Waals surface area contributed by atoms with Gasteiger partial charge in [-0.15, -0.1) is 0 Å². The van der Waals surface area contributed by atoms with Crippen LogP contribution in [0.4, 0.5) is 4.39 Å². The molecule has 0 amide bonds. The Morgan fingerprint density at radius 2 is 1.60 bits per heavy atom. The van der Waals surface area contributed by atoms with E-state index in [1.807, 2.05) is 54.6 Å². The lowest BCUT2D eigenvalue weighted by molar-refractivity contribution is -0.136. The van der Waals surface area contributed by atoms with E-state index in [4.69, 9.17) is 9.84 Å². The smallest absolute Gasteiger partial charge is 0.307 e. The second-order valence-corrected chi connectivity index (χ2v) is 5.72. The Morgan fingerprint density at radius 1 is 0.880 bits per heavy atom. The second-order valence-electron chi connectivity index (χ2n) is 5.72. The number of carbonyl (C=O) groups is 1. The van der Waals surface area contributed by atoms with Gasteiger partial charge in [0.2, 0.25) is 0 Å². The molecule has 126 valence electrons. The Morgan fingerprint density at radius 3 is 2.28 bits per heavy atom. The van der Waals surface area contributed by atoms with Gasteiger partial charge in [0.15, 0.2) is 0 Å². The minimum absolute atomic E-state index is 0.205. The van der Waals surface area contributed by atoms with E-state index in [0.29, 0.717) is 17.7 Å². The SMILES string of the molecule is O=C(O)Cc1cc(F)cc(-c2ccc(OCc3ccccc3)cc2)c1. The van der Waals surface area contributed by atoms with Gasteiger partial charge in [-0.25, -0.2) is 4.39 Å². The first-order valence-corrected chi connectivity index (χ1v) is 7.88. The Labute approximate surface area is 145 Å². The normalized spacial score (nSPS) is 10.4. The van der Waals surface area contributed by atoms with Crippen molar-refractivity contribution in [3.8, 4) is 16.9 Å². The average Bonchev–Trinajstić information content (AvgIpc) is 2.60. The molecule has 0 aromatic heterocycles. The van der Waals surface area contributed by atoms with Crippen LogP contribution in [0, 0.1) is 5.82 Å². The Hall–Kier alpha value is -3.14. The topological polar surface area (TPSA) is 46.5 Å². The van der Waals surface area contributed by atoms with Crippen LogP contribution in [0.3, 0.4) is 0 Å². The van der Waals surface area contributed by atoms with Crippen LogP contribution in [-0.2, 0) is 17.8 Å². The molecule has 0 saturated heterocycles. The molecule has 0 atom stereocenters. The molecule has 0 bridgehead atoms. The molecule has 4 heteroatoms. The van der Waals surface area contributed by atoms with Gasteiger partial charge < -0.3 is 9.84 Å². The summed E-state index contributed by atoms with van der Waals surface area (Å²) in [6, 6.07) is 21.5. The fourth-order valence-electron chi connectivity index (χ4n) is 2.58. The third-order valence-electron chi connectivity index (χ3n) is 3.75. The lowest BCUT2D eigenvalue weighted by Gasteiger charge is -2.09. The molecule has 0 fully saturated rings. The molecule has 0 spiro atoms. The molecule has 3 aromatic rings. The van der Waals surface area contributed by atoms with Crippen molar-refractivity contribution in [1.82, 2.24) is 0 Å². The number of halogens is 1. The predicted molar refractivity (Wildman–Crippen MR) is 93.9 cm³/mol. The summed E-state index contributed by atoms with van der Waals surface area (Å²) in [5, 5.41) is 8.87. The zero-order valence-electron chi connectivity index (χ0n) is 13.5. The lowest BCUT2D eigenvalue weighted by atomic mass is 10.0. The number of carboxylic acids is 1. The number of hydrogen-bond donors (Lipinski definition) is 1. The molecule has 0 aliphatic carbocycles. The van der Waals surface area contributed by atoms with E-state index < -0.39 is 11.8 Å². The first-order valence-electron chi connectivity index (χ1n) is 7.88. The van der Waals surface area contributed by atoms with E-state index in [2.05, 4.69) is 0 Å². The molecule has 3 aromatic carbocycles. The van der Waals surface area contributed by atoms with Crippen molar-refractivity contribution in [2.75, 3.05) is 0 Å². The number of carboxylic acid groups (broad SMARTS) is 1. The highest BCUT2D eigenvalue weighted by Gasteiger charge is 2.07. The van der Waals surface area contributed by atoms with Gasteiger partial charge in [0, 0.05) is 0 Å². The minimum atomic E-state index is -0.985. The molecule has 0 unspecified atom stereocenters. The monoisotopic (exact) mass is 336 g/mol. The maximum absolute atomic E-state index is 13.7. The van der Waals surface area contributed by atoms with Crippen LogP contribution in [0.1, 0.15) is 11.1 Å². The Balaban J connectivity index is 1.73. The third-order valence-corrected chi connectivity index (χ3v) is 3.75. The highest BCUT2D eigenvalue weighted by atomic mass is 19.1. The standard InChI is InChI=1S/C21H17FO3/c22-19-11-16(12-21(23)24)10-18(13-19)17-6-8-20(9-7-17)25-14-15-4-2-1-3-5-15/h1-11,13H,12,14H2,(H,23,24). The van der Waals surface area contributed by atoms with Gasteiger partial charge in [0.25, 0.3) is 0 Å². The summed E-state index contributed by atoms with van der Waals surface area (Å²) in [7, 11) is 0. The Kier molecular flexibility index (Phi) is 5.09. The quantitative estimate of drug-likeness (QED) is 0.710. The summed E-state index contributed by atoms with van der Waals surface area (Å²) < 4.78 is 19.5. The van der Waals surface area contributed by atoms with Crippen molar-refractivity contribution >= 4 is 5.97 Å². The largest absolute Gasteiger partial charge is 0.489 e. The molecular formula is C21H17FO3. The first kappa shape index (κ1) is 16.7. The van der Waals surface area contributed by atoms with Gasteiger partial charge in [0.05, 0.1) is 6.42 Å². The average molecular weight is 336 g/mol. The van der Waals surface area contributed by atoms with E-state index >= 15 is 0 Å². The van der Waals surface area contributed by atoms with Crippen LogP contribution in [0.15, 0.2) is 72.8 Å². The van der Waals surface area contributed by atoms with Crippen LogP contribution in [0.2, 0.25) is 0 Å². The van der Waals surface area contributed by atoms with Gasteiger partial charge >= 0.3 is 5.97 Å². The van der Waals surface area contributed by atoms with Crippen molar-refractivity contribution < 1.29 is 19.0 Å². The second kappa shape index (κ2) is 7.62. The molecule has 0 aliphatic rings. The zero-order chi connectivity index (χ0) is 17.6. The van der Waals surface area contributed by atoms with Crippen LogP contribution in [-0.4, -0.2) is 11.1 Å². The highest BCUT2D eigenvalue weighted by molar-refractivity contribution is 5.72. The highest BCUT2D eigenvalue weighted by Crippen LogP contribution is 2.25. The van der Waals surface area contributed by atoms with E-state index in [-0.39, 0.29) is 6.42 Å². The molecule has 3 nitrogen and oxygen atoms in total. The molecule has 0 radical (unpaired) electrons. The predicted octanol–water partition coefficient (Wildman–Crippen LogP) is 4.70. The van der Waals surface area contributed by atoms with Gasteiger partial charge in [-0.1, -0.05) is 48.5 Å². The van der Waals surface area contributed by atoms with Crippen molar-refractivity contribution in [3.05, 3.63) is 89.7 Å². The molecular weight excluding hydrogens is 319 g/mol.